The number of nitrogens with two attached hydrogens (primary N) is 2. The molecule has 1 fully saturated rings. The average Bonchev–Trinajstić information content (AvgIpc) is 2.99. The fourth-order valence-corrected chi connectivity index (χ4v) is 3.00. The number of anilines is 2. The molecular weight excluding hydrogens is 276 g/mol. The van der Waals surface area contributed by atoms with E-state index in [9.17, 15) is 9.59 Å². The number of amides is 2. The molecule has 0 saturated heterocycles. The molecule has 0 bridgehead atoms. The number of carbonyl (C=O) groups is 2. The van der Waals surface area contributed by atoms with Gasteiger partial charge in [-0.2, -0.15) is 0 Å². The third-order valence-corrected chi connectivity index (χ3v) is 4.72. The fraction of sp³-hybridized carbons (Fsp3) is 0.538. The minimum absolute atomic E-state index is 0.171. The molecule has 1 saturated carbocycles. The molecule has 1 heterocycles. The Bertz CT molecular complexity index is 561. The largest absolute Gasteiger partial charge is 0.397 e. The SMILES string of the molecule is CN(C)C(=O)c1sc(NCC2(C)CC2)c(C(N)=O)c1N. The Labute approximate surface area is 122 Å². The van der Waals surface area contributed by atoms with Gasteiger partial charge in [-0.15, -0.1) is 11.3 Å². The number of hydrogen-bond acceptors (Lipinski definition) is 5. The smallest absolute Gasteiger partial charge is 0.265 e. The maximum absolute atomic E-state index is 12.0. The van der Waals surface area contributed by atoms with E-state index in [-0.39, 0.29) is 22.6 Å². The summed E-state index contributed by atoms with van der Waals surface area (Å²) in [6.45, 7) is 2.93. The van der Waals surface area contributed by atoms with Gasteiger partial charge in [-0.05, 0) is 18.3 Å². The van der Waals surface area contributed by atoms with Crippen LogP contribution in [0.3, 0.4) is 0 Å². The zero-order valence-corrected chi connectivity index (χ0v) is 12.8. The Morgan fingerprint density at radius 2 is 2.00 bits per heavy atom. The van der Waals surface area contributed by atoms with Crippen molar-refractivity contribution in [1.82, 2.24) is 4.90 Å². The van der Waals surface area contributed by atoms with Crippen LogP contribution in [0.5, 0.6) is 0 Å². The lowest BCUT2D eigenvalue weighted by Crippen LogP contribution is -2.22. The van der Waals surface area contributed by atoms with Crippen LogP contribution in [-0.4, -0.2) is 37.4 Å². The molecule has 1 aromatic heterocycles. The van der Waals surface area contributed by atoms with Crippen molar-refractivity contribution in [3.8, 4) is 0 Å². The predicted octanol–water partition coefficient (Wildman–Crippen LogP) is 1.34. The van der Waals surface area contributed by atoms with Crippen LogP contribution < -0.4 is 16.8 Å². The van der Waals surface area contributed by atoms with Crippen LogP contribution in [0, 0.1) is 5.41 Å². The number of rotatable bonds is 5. The van der Waals surface area contributed by atoms with Crippen molar-refractivity contribution < 1.29 is 9.59 Å². The Morgan fingerprint density at radius 1 is 1.40 bits per heavy atom. The molecule has 0 aliphatic heterocycles. The lowest BCUT2D eigenvalue weighted by Gasteiger charge is -2.10. The van der Waals surface area contributed by atoms with Gasteiger partial charge in [-0.3, -0.25) is 9.59 Å². The first-order valence-corrected chi connectivity index (χ1v) is 7.24. The molecular formula is C13H20N4O2S. The number of nitrogens with zero attached hydrogens (tertiary/aromatic N) is 1. The third kappa shape index (κ3) is 2.72. The van der Waals surface area contributed by atoms with E-state index < -0.39 is 5.91 Å². The van der Waals surface area contributed by atoms with E-state index in [1.165, 1.54) is 16.2 Å². The first kappa shape index (κ1) is 14.6. The van der Waals surface area contributed by atoms with Gasteiger partial charge in [0, 0.05) is 20.6 Å². The standard InChI is InChI=1S/C13H20N4O2S/c1-13(4-5-13)6-16-11-7(10(15)18)8(14)9(20-11)12(19)17(2)3/h16H,4-6,14H2,1-3H3,(H2,15,18). The number of thiophene rings is 1. The first-order valence-electron chi connectivity index (χ1n) is 6.43. The summed E-state index contributed by atoms with van der Waals surface area (Å²) >= 11 is 1.19. The number of hydrogen-bond donors (Lipinski definition) is 3. The quantitative estimate of drug-likeness (QED) is 0.763. The van der Waals surface area contributed by atoms with E-state index in [1.807, 2.05) is 0 Å². The zero-order chi connectivity index (χ0) is 15.1. The molecule has 0 radical (unpaired) electrons. The summed E-state index contributed by atoms with van der Waals surface area (Å²) < 4.78 is 0. The Morgan fingerprint density at radius 3 is 2.45 bits per heavy atom. The molecule has 1 aromatic rings. The second-order valence-electron chi connectivity index (χ2n) is 5.78. The predicted molar refractivity (Wildman–Crippen MR) is 81.1 cm³/mol. The van der Waals surface area contributed by atoms with E-state index in [2.05, 4.69) is 12.2 Å². The summed E-state index contributed by atoms with van der Waals surface area (Å²) in [6, 6.07) is 0. The summed E-state index contributed by atoms with van der Waals surface area (Å²) in [4.78, 5) is 25.4. The topological polar surface area (TPSA) is 101 Å². The highest BCUT2D eigenvalue weighted by molar-refractivity contribution is 7.19. The van der Waals surface area contributed by atoms with Crippen molar-refractivity contribution >= 4 is 33.8 Å². The minimum Gasteiger partial charge on any atom is -0.397 e. The van der Waals surface area contributed by atoms with Crippen molar-refractivity contribution in [2.45, 2.75) is 19.8 Å². The Hall–Kier alpha value is -1.76. The maximum atomic E-state index is 12.0. The number of carbonyl (C=O) groups excluding carboxylic acids is 2. The van der Waals surface area contributed by atoms with Gasteiger partial charge in [-0.1, -0.05) is 6.92 Å². The van der Waals surface area contributed by atoms with Crippen molar-refractivity contribution in [3.05, 3.63) is 10.4 Å². The van der Waals surface area contributed by atoms with Crippen molar-refractivity contribution in [2.24, 2.45) is 11.1 Å². The van der Waals surface area contributed by atoms with Gasteiger partial charge in [-0.25, -0.2) is 0 Å². The van der Waals surface area contributed by atoms with Gasteiger partial charge in [0.25, 0.3) is 11.8 Å². The zero-order valence-electron chi connectivity index (χ0n) is 11.9. The number of primary amides is 1. The van der Waals surface area contributed by atoms with E-state index in [4.69, 9.17) is 11.5 Å². The van der Waals surface area contributed by atoms with Gasteiger partial charge in [0.05, 0.1) is 11.3 Å². The van der Waals surface area contributed by atoms with Crippen LogP contribution >= 0.6 is 11.3 Å². The molecule has 2 rings (SSSR count). The molecule has 0 atom stereocenters. The molecule has 0 unspecified atom stereocenters. The molecule has 1 aliphatic carbocycles. The Kier molecular flexibility index (Phi) is 3.64. The molecule has 6 nitrogen and oxygen atoms in total. The van der Waals surface area contributed by atoms with E-state index in [0.29, 0.717) is 9.88 Å². The van der Waals surface area contributed by atoms with Crippen molar-refractivity contribution in [1.29, 1.82) is 0 Å². The van der Waals surface area contributed by atoms with Crippen molar-refractivity contribution in [3.63, 3.8) is 0 Å². The summed E-state index contributed by atoms with van der Waals surface area (Å²) in [5, 5.41) is 3.81. The molecule has 110 valence electrons. The summed E-state index contributed by atoms with van der Waals surface area (Å²) in [5.41, 5.74) is 12.0. The number of nitrogen functional groups attached to an aromatic ring is 1. The van der Waals surface area contributed by atoms with Gasteiger partial charge >= 0.3 is 0 Å². The van der Waals surface area contributed by atoms with E-state index in [1.54, 1.807) is 14.1 Å². The fourth-order valence-electron chi connectivity index (χ4n) is 1.86. The van der Waals surface area contributed by atoms with E-state index in [0.717, 1.165) is 19.4 Å². The summed E-state index contributed by atoms with van der Waals surface area (Å²) in [6.07, 6.45) is 2.33. The minimum atomic E-state index is -0.611. The lowest BCUT2D eigenvalue weighted by molar-refractivity contribution is 0.0833. The molecule has 1 aliphatic rings. The molecule has 7 heteroatoms. The average molecular weight is 296 g/mol. The second-order valence-corrected chi connectivity index (χ2v) is 6.80. The van der Waals surface area contributed by atoms with Crippen molar-refractivity contribution in [2.75, 3.05) is 31.7 Å². The molecule has 2 amide bonds. The summed E-state index contributed by atoms with van der Waals surface area (Å²) in [5.74, 6) is -0.833. The number of nitrogens with one attached hydrogen (secondary N) is 1. The first-order chi connectivity index (χ1) is 9.25. The lowest BCUT2D eigenvalue weighted by atomic mass is 10.1. The monoisotopic (exact) mass is 296 g/mol. The third-order valence-electron chi connectivity index (χ3n) is 3.57. The van der Waals surface area contributed by atoms with Crippen LogP contribution in [0.4, 0.5) is 10.7 Å². The molecule has 0 spiro atoms. The highest BCUT2D eigenvalue weighted by Crippen LogP contribution is 2.46. The molecule has 5 N–H and O–H groups in total. The Balaban J connectivity index is 2.32. The summed E-state index contributed by atoms with van der Waals surface area (Å²) in [7, 11) is 3.29. The van der Waals surface area contributed by atoms with Crippen LogP contribution in [0.1, 0.15) is 39.8 Å². The molecule has 20 heavy (non-hydrogen) atoms. The van der Waals surface area contributed by atoms with Crippen LogP contribution in [0.2, 0.25) is 0 Å². The van der Waals surface area contributed by atoms with Gasteiger partial charge < -0.3 is 21.7 Å². The second kappa shape index (κ2) is 4.97. The maximum Gasteiger partial charge on any atom is 0.265 e. The van der Waals surface area contributed by atoms with Gasteiger partial charge in [0.1, 0.15) is 9.88 Å². The van der Waals surface area contributed by atoms with E-state index >= 15 is 0 Å². The highest BCUT2D eigenvalue weighted by atomic mass is 32.1. The van der Waals surface area contributed by atoms with Crippen LogP contribution in [0.15, 0.2) is 0 Å². The van der Waals surface area contributed by atoms with Gasteiger partial charge in [0.2, 0.25) is 0 Å². The van der Waals surface area contributed by atoms with Gasteiger partial charge in [0.15, 0.2) is 0 Å². The van der Waals surface area contributed by atoms with Crippen LogP contribution in [-0.2, 0) is 0 Å². The van der Waals surface area contributed by atoms with Crippen LogP contribution in [0.25, 0.3) is 0 Å². The highest BCUT2D eigenvalue weighted by Gasteiger charge is 2.37. The normalized spacial score (nSPS) is 15.8. The molecule has 0 aromatic carbocycles.